The van der Waals surface area contributed by atoms with Crippen LogP contribution < -0.4 is 10.6 Å². The summed E-state index contributed by atoms with van der Waals surface area (Å²) in [6, 6.07) is 0. The molecule has 1 aliphatic rings. The molecule has 1 amide bonds. The predicted molar refractivity (Wildman–Crippen MR) is 104 cm³/mol. The molecule has 1 saturated heterocycles. The lowest BCUT2D eigenvalue weighted by molar-refractivity contribution is -0.127. The van der Waals surface area contributed by atoms with Crippen LogP contribution in [0, 0.1) is 0 Å². The molecule has 0 aromatic carbocycles. The fourth-order valence-corrected chi connectivity index (χ4v) is 2.05. The first-order chi connectivity index (χ1) is 10.0. The molecule has 0 aromatic rings. The number of rotatable bonds is 7. The van der Waals surface area contributed by atoms with Crippen LogP contribution in [0.25, 0.3) is 0 Å². The van der Waals surface area contributed by atoms with Crippen molar-refractivity contribution >= 4 is 47.6 Å². The highest BCUT2D eigenvalue weighted by molar-refractivity contribution is 14.0. The third kappa shape index (κ3) is 9.04. The van der Waals surface area contributed by atoms with Crippen LogP contribution >= 0.6 is 35.7 Å². The topological polar surface area (TPSA) is 66.0 Å². The number of hydrogen-bond donors (Lipinski definition) is 2. The molecule has 1 rings (SSSR count). The van der Waals surface area contributed by atoms with Crippen molar-refractivity contribution in [2.75, 3.05) is 46.6 Å². The van der Waals surface area contributed by atoms with Crippen LogP contribution in [0.2, 0.25) is 0 Å². The van der Waals surface area contributed by atoms with Gasteiger partial charge in [0.2, 0.25) is 5.91 Å². The van der Waals surface area contributed by atoms with Gasteiger partial charge in [0.1, 0.15) is 6.54 Å². The number of likely N-dealkylation sites (N-methyl/N-ethyl adjacent to an activating group) is 1. The first-order valence-corrected chi connectivity index (χ1v) is 8.68. The molecule has 0 bridgehead atoms. The molecule has 6 nitrogen and oxygen atoms in total. The van der Waals surface area contributed by atoms with E-state index in [1.54, 1.807) is 30.8 Å². The van der Waals surface area contributed by atoms with Gasteiger partial charge in [0.25, 0.3) is 0 Å². The Morgan fingerprint density at radius 2 is 2.18 bits per heavy atom. The quantitative estimate of drug-likeness (QED) is 0.351. The van der Waals surface area contributed by atoms with E-state index in [9.17, 15) is 4.79 Å². The molecule has 1 aliphatic heterocycles. The molecule has 0 aliphatic carbocycles. The van der Waals surface area contributed by atoms with Crippen LogP contribution in [0.15, 0.2) is 4.99 Å². The van der Waals surface area contributed by atoms with Gasteiger partial charge in [0.15, 0.2) is 5.96 Å². The summed E-state index contributed by atoms with van der Waals surface area (Å²) in [5.41, 5.74) is 0. The zero-order valence-electron chi connectivity index (χ0n) is 13.9. The van der Waals surface area contributed by atoms with Gasteiger partial charge in [-0.15, -0.1) is 24.0 Å². The minimum atomic E-state index is -0.00821. The number of ether oxygens (including phenoxy) is 1. The number of nitrogens with zero attached hydrogens (tertiary/aromatic N) is 2. The van der Waals surface area contributed by atoms with Crippen LogP contribution in [-0.2, 0) is 9.53 Å². The van der Waals surface area contributed by atoms with E-state index in [1.165, 1.54) is 0 Å². The van der Waals surface area contributed by atoms with E-state index in [4.69, 9.17) is 4.74 Å². The zero-order valence-corrected chi connectivity index (χ0v) is 17.1. The smallest absolute Gasteiger partial charge is 0.243 e. The van der Waals surface area contributed by atoms with Gasteiger partial charge >= 0.3 is 0 Å². The average Bonchev–Trinajstić information content (AvgIpc) is 2.98. The standard InChI is InChI=1S/C14H28N4O2S.HI/c1-11(21-4)8-15-14(17-10-13(19)18(2)3)16-9-12-6-5-7-20-12;/h11-12H,5-10H2,1-4H3,(H2,15,16,17);1H. The summed E-state index contributed by atoms with van der Waals surface area (Å²) in [6.07, 6.45) is 4.53. The maximum atomic E-state index is 11.6. The molecule has 0 saturated carbocycles. The summed E-state index contributed by atoms with van der Waals surface area (Å²) in [5, 5.41) is 7.04. The number of carbonyl (C=O) groups excluding carboxylic acids is 1. The van der Waals surface area contributed by atoms with Crippen molar-refractivity contribution in [3.63, 3.8) is 0 Å². The molecular formula is C14H29IN4O2S. The van der Waals surface area contributed by atoms with Crippen molar-refractivity contribution in [1.29, 1.82) is 0 Å². The summed E-state index contributed by atoms with van der Waals surface area (Å²) in [7, 11) is 3.47. The van der Waals surface area contributed by atoms with Gasteiger partial charge in [-0.1, -0.05) is 6.92 Å². The molecular weight excluding hydrogens is 415 g/mol. The summed E-state index contributed by atoms with van der Waals surface area (Å²) >= 11 is 1.79. The Bertz CT molecular complexity index is 350. The number of aliphatic imine (C=N–C) groups is 1. The molecule has 0 radical (unpaired) electrons. The van der Waals surface area contributed by atoms with Gasteiger partial charge < -0.3 is 20.3 Å². The Hall–Kier alpha value is -0.220. The summed E-state index contributed by atoms with van der Waals surface area (Å²) in [6.45, 7) is 4.70. The monoisotopic (exact) mass is 444 g/mol. The summed E-state index contributed by atoms with van der Waals surface area (Å²) in [5.74, 6) is 0.674. The normalized spacial score (nSPS) is 19.3. The number of thioether (sulfide) groups is 1. The molecule has 2 N–H and O–H groups in total. The average molecular weight is 444 g/mol. The molecule has 8 heteroatoms. The lowest BCUT2D eigenvalue weighted by atomic mass is 10.2. The van der Waals surface area contributed by atoms with Crippen LogP contribution in [0.1, 0.15) is 19.8 Å². The lowest BCUT2D eigenvalue weighted by Crippen LogP contribution is -2.43. The van der Waals surface area contributed by atoms with Crippen molar-refractivity contribution in [1.82, 2.24) is 15.5 Å². The van der Waals surface area contributed by atoms with Crippen molar-refractivity contribution in [3.8, 4) is 0 Å². The van der Waals surface area contributed by atoms with E-state index >= 15 is 0 Å². The summed E-state index contributed by atoms with van der Waals surface area (Å²) in [4.78, 5) is 17.5. The van der Waals surface area contributed by atoms with Crippen molar-refractivity contribution < 1.29 is 9.53 Å². The fraction of sp³-hybridized carbons (Fsp3) is 0.857. The van der Waals surface area contributed by atoms with E-state index in [-0.39, 0.29) is 42.5 Å². The number of nitrogens with one attached hydrogen (secondary N) is 2. The van der Waals surface area contributed by atoms with Crippen LogP contribution in [0.3, 0.4) is 0 Å². The molecule has 1 heterocycles. The molecule has 0 spiro atoms. The van der Waals surface area contributed by atoms with Gasteiger partial charge in [-0.25, -0.2) is 4.99 Å². The Labute approximate surface area is 155 Å². The van der Waals surface area contributed by atoms with Crippen molar-refractivity contribution in [2.24, 2.45) is 4.99 Å². The highest BCUT2D eigenvalue weighted by Gasteiger charge is 2.16. The third-order valence-corrected chi connectivity index (χ3v) is 4.32. The number of guanidine groups is 1. The van der Waals surface area contributed by atoms with Crippen LogP contribution in [0.4, 0.5) is 0 Å². The number of halogens is 1. The molecule has 1 fully saturated rings. The molecule has 2 atom stereocenters. The number of carbonyl (C=O) groups is 1. The van der Waals surface area contributed by atoms with Crippen molar-refractivity contribution in [3.05, 3.63) is 0 Å². The van der Waals surface area contributed by atoms with E-state index in [0.717, 1.165) is 32.5 Å². The van der Waals surface area contributed by atoms with Crippen LogP contribution in [-0.4, -0.2) is 74.7 Å². The van der Waals surface area contributed by atoms with Crippen LogP contribution in [0.5, 0.6) is 0 Å². The second-order valence-electron chi connectivity index (χ2n) is 5.40. The maximum absolute atomic E-state index is 11.6. The third-order valence-electron chi connectivity index (χ3n) is 3.35. The largest absolute Gasteiger partial charge is 0.376 e. The fourth-order valence-electron chi connectivity index (χ4n) is 1.80. The molecule has 2 unspecified atom stereocenters. The second kappa shape index (κ2) is 12.2. The Kier molecular flexibility index (Phi) is 12.1. The molecule has 130 valence electrons. The number of amides is 1. The molecule has 22 heavy (non-hydrogen) atoms. The Morgan fingerprint density at radius 1 is 1.45 bits per heavy atom. The van der Waals surface area contributed by atoms with E-state index in [2.05, 4.69) is 28.8 Å². The Balaban J connectivity index is 0.00000441. The second-order valence-corrected chi connectivity index (χ2v) is 6.67. The minimum absolute atomic E-state index is 0. The van der Waals surface area contributed by atoms with Gasteiger partial charge in [0.05, 0.1) is 6.10 Å². The van der Waals surface area contributed by atoms with E-state index in [1.807, 2.05) is 0 Å². The summed E-state index contributed by atoms with van der Waals surface area (Å²) < 4.78 is 5.59. The van der Waals surface area contributed by atoms with E-state index in [0.29, 0.717) is 11.2 Å². The zero-order chi connectivity index (χ0) is 15.7. The van der Waals surface area contributed by atoms with Gasteiger partial charge in [-0.05, 0) is 19.1 Å². The van der Waals surface area contributed by atoms with E-state index < -0.39 is 0 Å². The predicted octanol–water partition coefficient (Wildman–Crippen LogP) is 1.16. The number of hydrogen-bond acceptors (Lipinski definition) is 4. The maximum Gasteiger partial charge on any atom is 0.243 e. The SMILES string of the molecule is CSC(C)CNC(=NCC(=O)N(C)C)NCC1CCCO1.I. The van der Waals surface area contributed by atoms with Gasteiger partial charge in [-0.2, -0.15) is 11.8 Å². The first-order valence-electron chi connectivity index (χ1n) is 7.39. The van der Waals surface area contributed by atoms with Gasteiger partial charge in [0, 0.05) is 39.0 Å². The Morgan fingerprint density at radius 3 is 2.73 bits per heavy atom. The highest BCUT2D eigenvalue weighted by atomic mass is 127. The molecule has 0 aromatic heterocycles. The van der Waals surface area contributed by atoms with Crippen molar-refractivity contribution in [2.45, 2.75) is 31.1 Å². The highest BCUT2D eigenvalue weighted by Crippen LogP contribution is 2.10. The van der Waals surface area contributed by atoms with Gasteiger partial charge in [-0.3, -0.25) is 4.79 Å². The lowest BCUT2D eigenvalue weighted by Gasteiger charge is -2.17. The first kappa shape index (κ1) is 21.8. The minimum Gasteiger partial charge on any atom is -0.376 e.